The van der Waals surface area contributed by atoms with E-state index < -0.39 is 0 Å². The van der Waals surface area contributed by atoms with Crippen molar-refractivity contribution >= 4 is 17.3 Å². The highest BCUT2D eigenvalue weighted by Crippen LogP contribution is 2.43. The van der Waals surface area contributed by atoms with E-state index in [1.54, 1.807) is 6.92 Å². The summed E-state index contributed by atoms with van der Waals surface area (Å²) in [6, 6.07) is 28.0. The van der Waals surface area contributed by atoms with Crippen molar-refractivity contribution in [2.75, 3.05) is 16.3 Å². The van der Waals surface area contributed by atoms with E-state index in [2.05, 4.69) is 91.5 Å². The first-order valence-corrected chi connectivity index (χ1v) is 10.4. The van der Waals surface area contributed by atoms with Gasteiger partial charge in [-0.2, -0.15) is 0 Å². The maximum absolute atomic E-state index is 12.5. The van der Waals surface area contributed by atoms with Crippen molar-refractivity contribution in [2.45, 2.75) is 39.3 Å². The maximum Gasteiger partial charge on any atom is 0.224 e. The molecular formula is C26H28N2O. The van der Waals surface area contributed by atoms with Crippen LogP contribution in [-0.2, 0) is 4.79 Å². The highest BCUT2D eigenvalue weighted by Gasteiger charge is 2.35. The van der Waals surface area contributed by atoms with Crippen LogP contribution in [0.25, 0.3) is 11.1 Å². The van der Waals surface area contributed by atoms with E-state index in [9.17, 15) is 4.79 Å². The highest BCUT2D eigenvalue weighted by molar-refractivity contribution is 5.94. The summed E-state index contributed by atoms with van der Waals surface area (Å²) in [6.45, 7) is 6.94. The average molecular weight is 385 g/mol. The molecule has 2 unspecified atom stereocenters. The standard InChI is InChI=1S/C26H28N2O/c1-4-27(23-13-9-6-10-14-23)26-17-19(2)28(20(3)29)25-16-15-22(18-24(25)26)21-11-7-5-8-12-21/h5-16,18-19,26H,4,17H2,1-3H3. The van der Waals surface area contributed by atoms with Gasteiger partial charge in [0, 0.05) is 30.9 Å². The zero-order chi connectivity index (χ0) is 20.4. The van der Waals surface area contributed by atoms with E-state index in [0.717, 1.165) is 18.7 Å². The van der Waals surface area contributed by atoms with Gasteiger partial charge in [0.1, 0.15) is 0 Å². The van der Waals surface area contributed by atoms with E-state index >= 15 is 0 Å². The Morgan fingerprint density at radius 1 is 0.966 bits per heavy atom. The first kappa shape index (κ1) is 19.3. The number of rotatable bonds is 4. The lowest BCUT2D eigenvalue weighted by molar-refractivity contribution is -0.117. The third-order valence-electron chi connectivity index (χ3n) is 5.90. The van der Waals surface area contributed by atoms with Gasteiger partial charge in [-0.15, -0.1) is 0 Å². The number of carbonyl (C=O) groups is 1. The molecule has 3 heteroatoms. The topological polar surface area (TPSA) is 23.6 Å². The zero-order valence-electron chi connectivity index (χ0n) is 17.4. The Morgan fingerprint density at radius 3 is 2.24 bits per heavy atom. The second-order valence-electron chi connectivity index (χ2n) is 7.75. The predicted molar refractivity (Wildman–Crippen MR) is 121 cm³/mol. The number of amides is 1. The molecule has 0 aromatic heterocycles. The molecule has 1 aliphatic rings. The molecule has 0 saturated carbocycles. The van der Waals surface area contributed by atoms with Gasteiger partial charge in [-0.05, 0) is 61.2 Å². The Hall–Kier alpha value is -3.07. The quantitative estimate of drug-likeness (QED) is 0.545. The molecule has 3 aromatic rings. The molecule has 4 rings (SSSR count). The Morgan fingerprint density at radius 2 is 1.62 bits per heavy atom. The molecule has 0 aliphatic carbocycles. The number of hydrogen-bond donors (Lipinski definition) is 0. The van der Waals surface area contributed by atoms with E-state index in [0.29, 0.717) is 0 Å². The van der Waals surface area contributed by atoms with Gasteiger partial charge in [-0.25, -0.2) is 0 Å². The summed E-state index contributed by atoms with van der Waals surface area (Å²) in [5.74, 6) is 0.104. The molecule has 1 aliphatic heterocycles. The molecule has 29 heavy (non-hydrogen) atoms. The van der Waals surface area contributed by atoms with Gasteiger partial charge in [0.05, 0.1) is 6.04 Å². The molecule has 148 valence electrons. The van der Waals surface area contributed by atoms with E-state index in [1.807, 2.05) is 11.0 Å². The summed E-state index contributed by atoms with van der Waals surface area (Å²) in [5.41, 5.74) is 5.88. The largest absolute Gasteiger partial charge is 0.365 e. The summed E-state index contributed by atoms with van der Waals surface area (Å²) >= 11 is 0. The number of anilines is 2. The van der Waals surface area contributed by atoms with Gasteiger partial charge >= 0.3 is 0 Å². The van der Waals surface area contributed by atoms with Crippen LogP contribution in [0.1, 0.15) is 38.8 Å². The Labute approximate surface area is 173 Å². The van der Waals surface area contributed by atoms with Gasteiger partial charge in [-0.3, -0.25) is 4.79 Å². The fraction of sp³-hybridized carbons (Fsp3) is 0.269. The van der Waals surface area contributed by atoms with E-state index in [1.165, 1.54) is 22.4 Å². The monoisotopic (exact) mass is 384 g/mol. The lowest BCUT2D eigenvalue weighted by Crippen LogP contribution is -2.45. The average Bonchev–Trinajstić information content (AvgIpc) is 2.75. The minimum atomic E-state index is 0.104. The summed E-state index contributed by atoms with van der Waals surface area (Å²) in [5, 5.41) is 0. The van der Waals surface area contributed by atoms with Crippen LogP contribution in [0.5, 0.6) is 0 Å². The number of benzene rings is 3. The first-order chi connectivity index (χ1) is 14.1. The fourth-order valence-corrected chi connectivity index (χ4v) is 4.62. The Balaban J connectivity index is 1.86. The number of nitrogens with zero attached hydrogens (tertiary/aromatic N) is 2. The van der Waals surface area contributed by atoms with Crippen LogP contribution in [0.2, 0.25) is 0 Å². The lowest BCUT2D eigenvalue weighted by Gasteiger charge is -2.44. The van der Waals surface area contributed by atoms with Crippen molar-refractivity contribution < 1.29 is 4.79 Å². The normalized spacial score (nSPS) is 18.2. The minimum absolute atomic E-state index is 0.104. The number of hydrogen-bond acceptors (Lipinski definition) is 2. The van der Waals surface area contributed by atoms with Gasteiger partial charge in [0.15, 0.2) is 0 Å². The van der Waals surface area contributed by atoms with Gasteiger partial charge < -0.3 is 9.80 Å². The number of carbonyl (C=O) groups excluding carboxylic acids is 1. The number of para-hydroxylation sites is 1. The zero-order valence-corrected chi connectivity index (χ0v) is 17.4. The summed E-state index contributed by atoms with van der Waals surface area (Å²) in [7, 11) is 0. The van der Waals surface area contributed by atoms with E-state index in [-0.39, 0.29) is 18.0 Å². The third-order valence-corrected chi connectivity index (χ3v) is 5.90. The Bertz CT molecular complexity index is 984. The van der Waals surface area contributed by atoms with Crippen LogP contribution in [0.4, 0.5) is 11.4 Å². The molecule has 3 aromatic carbocycles. The van der Waals surface area contributed by atoms with Gasteiger partial charge in [0.2, 0.25) is 5.91 Å². The molecule has 1 amide bonds. The van der Waals surface area contributed by atoms with Crippen molar-refractivity contribution in [3.8, 4) is 11.1 Å². The molecule has 0 spiro atoms. The summed E-state index contributed by atoms with van der Waals surface area (Å²) < 4.78 is 0. The number of fused-ring (bicyclic) bond motifs is 1. The van der Waals surface area contributed by atoms with Crippen molar-refractivity contribution in [3.05, 3.63) is 84.4 Å². The molecule has 0 N–H and O–H groups in total. The minimum Gasteiger partial charge on any atom is -0.365 e. The smallest absolute Gasteiger partial charge is 0.224 e. The van der Waals surface area contributed by atoms with Gasteiger partial charge in [0.25, 0.3) is 0 Å². The van der Waals surface area contributed by atoms with Crippen LogP contribution >= 0.6 is 0 Å². The SMILES string of the molecule is CCN(c1ccccc1)C1CC(C)N(C(C)=O)c2ccc(-c3ccccc3)cc21. The fourth-order valence-electron chi connectivity index (χ4n) is 4.62. The van der Waals surface area contributed by atoms with Crippen molar-refractivity contribution in [1.29, 1.82) is 0 Å². The Kier molecular flexibility index (Phi) is 5.39. The van der Waals surface area contributed by atoms with Crippen molar-refractivity contribution in [1.82, 2.24) is 0 Å². The predicted octanol–water partition coefficient (Wildman–Crippen LogP) is 6.07. The van der Waals surface area contributed by atoms with Crippen LogP contribution < -0.4 is 9.80 Å². The second-order valence-corrected chi connectivity index (χ2v) is 7.75. The molecule has 2 atom stereocenters. The van der Waals surface area contributed by atoms with E-state index in [4.69, 9.17) is 0 Å². The lowest BCUT2D eigenvalue weighted by atomic mass is 9.87. The molecule has 0 bridgehead atoms. The summed E-state index contributed by atoms with van der Waals surface area (Å²) in [4.78, 5) is 16.9. The molecule has 1 heterocycles. The molecule has 0 fully saturated rings. The van der Waals surface area contributed by atoms with Crippen LogP contribution in [0, 0.1) is 0 Å². The van der Waals surface area contributed by atoms with Crippen molar-refractivity contribution in [3.63, 3.8) is 0 Å². The molecule has 3 nitrogen and oxygen atoms in total. The summed E-state index contributed by atoms with van der Waals surface area (Å²) in [6.07, 6.45) is 0.910. The van der Waals surface area contributed by atoms with Crippen LogP contribution in [-0.4, -0.2) is 18.5 Å². The van der Waals surface area contributed by atoms with Gasteiger partial charge in [-0.1, -0.05) is 54.6 Å². The van der Waals surface area contributed by atoms with Crippen LogP contribution in [0.3, 0.4) is 0 Å². The van der Waals surface area contributed by atoms with Crippen LogP contribution in [0.15, 0.2) is 78.9 Å². The second kappa shape index (κ2) is 8.12. The molecular weight excluding hydrogens is 356 g/mol. The molecule has 0 radical (unpaired) electrons. The third kappa shape index (κ3) is 3.65. The maximum atomic E-state index is 12.5. The highest BCUT2D eigenvalue weighted by atomic mass is 16.2. The van der Waals surface area contributed by atoms with Crippen molar-refractivity contribution in [2.24, 2.45) is 0 Å². The first-order valence-electron chi connectivity index (χ1n) is 10.4. The molecule has 0 saturated heterocycles.